The zero-order valence-electron chi connectivity index (χ0n) is 15.5. The van der Waals surface area contributed by atoms with Gasteiger partial charge in [0.25, 0.3) is 10.1 Å². The van der Waals surface area contributed by atoms with Crippen LogP contribution in [0.15, 0.2) is 12.3 Å². The van der Waals surface area contributed by atoms with Crippen LogP contribution in [0.5, 0.6) is 5.88 Å². The van der Waals surface area contributed by atoms with Gasteiger partial charge in [0, 0.05) is 25.2 Å². The molecule has 1 aromatic rings. The average Bonchev–Trinajstić information content (AvgIpc) is 2.51. The fourth-order valence-electron chi connectivity index (χ4n) is 2.37. The Hall–Kier alpha value is -1.94. The van der Waals surface area contributed by atoms with Crippen LogP contribution in [0, 0.1) is 0 Å². The topological polar surface area (TPSA) is 108 Å². The average molecular weight is 387 g/mol. The molecule has 1 fully saturated rings. The van der Waals surface area contributed by atoms with Gasteiger partial charge in [-0.25, -0.2) is 9.78 Å². The van der Waals surface area contributed by atoms with Gasteiger partial charge in [-0.1, -0.05) is 0 Å². The molecule has 0 bridgehead atoms. The van der Waals surface area contributed by atoms with Gasteiger partial charge in [-0.3, -0.25) is 9.08 Å². The Labute approximate surface area is 153 Å². The highest BCUT2D eigenvalue weighted by atomic mass is 32.2. The second-order valence-corrected chi connectivity index (χ2v) is 8.66. The molecule has 0 aliphatic carbocycles. The fraction of sp³-hybridized carbons (Fsp3) is 0.688. The van der Waals surface area contributed by atoms with Gasteiger partial charge >= 0.3 is 6.09 Å². The summed E-state index contributed by atoms with van der Waals surface area (Å²) in [6, 6.07) is 1.55. The molecule has 1 amide bonds. The molecule has 1 unspecified atom stereocenters. The summed E-state index contributed by atoms with van der Waals surface area (Å²) in [5.74, 6) is 0.417. The normalized spacial score (nSPS) is 18.5. The fourth-order valence-corrected chi connectivity index (χ4v) is 2.69. The molecule has 1 saturated heterocycles. The smallest absolute Gasteiger partial charge is 0.413 e. The molecule has 0 radical (unpaired) electrons. The van der Waals surface area contributed by atoms with Gasteiger partial charge in [-0.05, 0) is 33.6 Å². The minimum Gasteiger partial charge on any atom is -0.453 e. The molecule has 1 aromatic heterocycles. The second-order valence-electron chi connectivity index (χ2n) is 7.02. The second kappa shape index (κ2) is 8.17. The lowest BCUT2D eigenvalue weighted by Crippen LogP contribution is -2.48. The highest BCUT2D eigenvalue weighted by Crippen LogP contribution is 2.22. The number of piperidine rings is 1. The largest absolute Gasteiger partial charge is 0.453 e. The van der Waals surface area contributed by atoms with Gasteiger partial charge in [-0.15, -0.1) is 0 Å². The lowest BCUT2D eigenvalue weighted by molar-refractivity contribution is -0.0357. The van der Waals surface area contributed by atoms with E-state index in [1.54, 1.807) is 11.0 Å². The van der Waals surface area contributed by atoms with Gasteiger partial charge in [0.1, 0.15) is 12.2 Å². The van der Waals surface area contributed by atoms with Crippen molar-refractivity contribution < 1.29 is 26.9 Å². The molecule has 1 aliphatic heterocycles. The number of carbonyl (C=O) groups excluding carboxylic acids is 1. The summed E-state index contributed by atoms with van der Waals surface area (Å²) in [6.07, 6.45) is 3.90. The molecule has 1 aliphatic rings. The van der Waals surface area contributed by atoms with E-state index in [4.69, 9.17) is 9.47 Å². The van der Waals surface area contributed by atoms with Crippen molar-refractivity contribution in [2.75, 3.05) is 12.8 Å². The van der Waals surface area contributed by atoms with Crippen LogP contribution >= 0.6 is 0 Å². The number of rotatable bonds is 5. The number of likely N-dealkylation sites (tertiary alicyclic amines) is 1. The third kappa shape index (κ3) is 6.75. The lowest BCUT2D eigenvalue weighted by Gasteiger charge is -2.36. The van der Waals surface area contributed by atoms with E-state index in [0.29, 0.717) is 13.0 Å². The van der Waals surface area contributed by atoms with E-state index in [1.807, 2.05) is 20.8 Å². The number of carbonyl (C=O) groups is 1. The number of hydrogen-bond acceptors (Lipinski definition) is 8. The van der Waals surface area contributed by atoms with Crippen LogP contribution in [0.2, 0.25) is 0 Å². The van der Waals surface area contributed by atoms with Crippen LogP contribution in [0.4, 0.5) is 4.79 Å². The minimum absolute atomic E-state index is 0.174. The Kier molecular flexibility index (Phi) is 6.40. The van der Waals surface area contributed by atoms with Crippen LogP contribution in [0.1, 0.15) is 45.9 Å². The Morgan fingerprint density at radius 2 is 2.08 bits per heavy atom. The zero-order chi connectivity index (χ0) is 19.4. The van der Waals surface area contributed by atoms with E-state index in [2.05, 4.69) is 14.2 Å². The summed E-state index contributed by atoms with van der Waals surface area (Å²) in [4.78, 5) is 22.0. The van der Waals surface area contributed by atoms with Crippen molar-refractivity contribution in [3.8, 4) is 5.88 Å². The SMILES string of the molecule is CC(C)(C)OC(=O)N1CCCCC1Oc1ccnc(COS(C)(=O)=O)n1. The number of hydrogen-bond donors (Lipinski definition) is 0. The molecular formula is C16H25N3O6S. The van der Waals surface area contributed by atoms with Crippen LogP contribution in [0.25, 0.3) is 0 Å². The van der Waals surface area contributed by atoms with Crippen LogP contribution in [0.3, 0.4) is 0 Å². The predicted octanol–water partition coefficient (Wildman–Crippen LogP) is 2.08. The van der Waals surface area contributed by atoms with Crippen molar-refractivity contribution in [3.05, 3.63) is 18.1 Å². The van der Waals surface area contributed by atoms with Gasteiger partial charge in [-0.2, -0.15) is 13.4 Å². The molecule has 0 N–H and O–H groups in total. The minimum atomic E-state index is -3.59. The van der Waals surface area contributed by atoms with Crippen molar-refractivity contribution in [2.45, 2.75) is 58.5 Å². The van der Waals surface area contributed by atoms with Crippen molar-refractivity contribution in [2.24, 2.45) is 0 Å². The predicted molar refractivity (Wildman–Crippen MR) is 92.9 cm³/mol. The van der Waals surface area contributed by atoms with Crippen LogP contribution in [-0.2, 0) is 25.6 Å². The van der Waals surface area contributed by atoms with Gasteiger partial charge in [0.15, 0.2) is 12.1 Å². The number of nitrogens with zero attached hydrogens (tertiary/aromatic N) is 3. The first-order valence-corrected chi connectivity index (χ1v) is 10.2. The Morgan fingerprint density at radius 3 is 2.73 bits per heavy atom. The van der Waals surface area contributed by atoms with Crippen molar-refractivity contribution >= 4 is 16.2 Å². The molecule has 2 heterocycles. The molecule has 146 valence electrons. The van der Waals surface area contributed by atoms with E-state index < -0.39 is 28.0 Å². The molecule has 10 heteroatoms. The lowest BCUT2D eigenvalue weighted by atomic mass is 10.1. The first-order chi connectivity index (χ1) is 12.0. The Bertz CT molecular complexity index is 732. The molecule has 0 saturated carbocycles. The molecule has 9 nitrogen and oxygen atoms in total. The van der Waals surface area contributed by atoms with Gasteiger partial charge in [0.05, 0.1) is 6.26 Å². The summed E-state index contributed by atoms with van der Waals surface area (Å²) in [5.41, 5.74) is -0.593. The maximum absolute atomic E-state index is 12.4. The van der Waals surface area contributed by atoms with E-state index in [-0.39, 0.29) is 18.3 Å². The van der Waals surface area contributed by atoms with E-state index >= 15 is 0 Å². The van der Waals surface area contributed by atoms with Gasteiger partial charge < -0.3 is 9.47 Å². The van der Waals surface area contributed by atoms with Crippen molar-refractivity contribution in [1.82, 2.24) is 14.9 Å². The van der Waals surface area contributed by atoms with Crippen LogP contribution < -0.4 is 4.74 Å². The molecular weight excluding hydrogens is 362 g/mol. The highest BCUT2D eigenvalue weighted by Gasteiger charge is 2.32. The maximum atomic E-state index is 12.4. The molecule has 2 rings (SSSR count). The number of aromatic nitrogens is 2. The molecule has 1 atom stereocenters. The molecule has 0 spiro atoms. The summed E-state index contributed by atoms with van der Waals surface area (Å²) in [7, 11) is -3.59. The summed E-state index contributed by atoms with van der Waals surface area (Å²) < 4.78 is 38.1. The third-order valence-corrected chi connectivity index (χ3v) is 3.96. The maximum Gasteiger partial charge on any atom is 0.413 e. The summed E-state index contributed by atoms with van der Waals surface area (Å²) in [6.45, 7) is 5.68. The van der Waals surface area contributed by atoms with Gasteiger partial charge in [0.2, 0.25) is 5.88 Å². The first-order valence-electron chi connectivity index (χ1n) is 8.36. The summed E-state index contributed by atoms with van der Waals surface area (Å²) in [5, 5.41) is 0. The molecule has 26 heavy (non-hydrogen) atoms. The highest BCUT2D eigenvalue weighted by molar-refractivity contribution is 7.85. The third-order valence-electron chi connectivity index (χ3n) is 3.41. The van der Waals surface area contributed by atoms with E-state index in [9.17, 15) is 13.2 Å². The Balaban J connectivity index is 2.06. The van der Waals surface area contributed by atoms with Crippen LogP contribution in [-0.4, -0.2) is 54.0 Å². The number of ether oxygens (including phenoxy) is 2. The summed E-state index contributed by atoms with van der Waals surface area (Å²) >= 11 is 0. The van der Waals surface area contributed by atoms with Crippen molar-refractivity contribution in [3.63, 3.8) is 0 Å². The zero-order valence-corrected chi connectivity index (χ0v) is 16.3. The Morgan fingerprint density at radius 1 is 1.35 bits per heavy atom. The van der Waals surface area contributed by atoms with E-state index in [1.165, 1.54) is 6.20 Å². The standard InChI is InChI=1S/C16H25N3O6S/c1-16(2,3)25-15(20)19-10-6-5-7-14(19)24-13-8-9-17-12(18-13)11-23-26(4,21)22/h8-9,14H,5-7,10-11H2,1-4H3. The first kappa shape index (κ1) is 20.4. The quantitative estimate of drug-likeness (QED) is 0.707. The molecule has 0 aromatic carbocycles. The number of amides is 1. The van der Waals surface area contributed by atoms with Crippen molar-refractivity contribution in [1.29, 1.82) is 0 Å². The van der Waals surface area contributed by atoms with E-state index in [0.717, 1.165) is 19.1 Å². The monoisotopic (exact) mass is 387 g/mol.